The highest BCUT2D eigenvalue weighted by Crippen LogP contribution is 2.21. The number of carbonyl (C=O) groups is 2. The fraction of sp³-hybridized carbons (Fsp3) is 0.400. The second kappa shape index (κ2) is 9.12. The summed E-state index contributed by atoms with van der Waals surface area (Å²) in [6, 6.07) is 7.32. The number of piperidine rings is 1. The summed E-state index contributed by atoms with van der Waals surface area (Å²) in [5.41, 5.74) is 1.61. The van der Waals surface area contributed by atoms with Gasteiger partial charge in [0.15, 0.2) is 0 Å². The molecule has 2 aromatic rings. The first-order chi connectivity index (χ1) is 13.2. The van der Waals surface area contributed by atoms with E-state index < -0.39 is 0 Å². The Morgan fingerprint density at radius 1 is 1.11 bits per heavy atom. The molecule has 0 bridgehead atoms. The highest BCUT2D eigenvalue weighted by Gasteiger charge is 2.25. The van der Waals surface area contributed by atoms with Crippen molar-refractivity contribution in [3.8, 4) is 0 Å². The monoisotopic (exact) mass is 367 g/mol. The van der Waals surface area contributed by atoms with Gasteiger partial charge in [0.05, 0.1) is 6.20 Å². The van der Waals surface area contributed by atoms with Crippen LogP contribution >= 0.6 is 0 Å². The zero-order chi connectivity index (χ0) is 19.1. The average Bonchev–Trinajstić information content (AvgIpc) is 2.73. The number of rotatable bonds is 6. The standard InChI is InChI=1S/C20H25N5O2/c1-2-22-19(26)16-5-3-15(4-6-16)13-24-20(27)17-7-11-25(12-8-17)18-14-21-9-10-23-18/h3-6,9-10,14,17H,2,7-8,11-13H2,1H3,(H,22,26)(H,24,27). The van der Waals surface area contributed by atoms with Gasteiger partial charge in [0.25, 0.3) is 5.91 Å². The number of hydrogen-bond acceptors (Lipinski definition) is 5. The molecule has 0 saturated carbocycles. The molecule has 0 spiro atoms. The van der Waals surface area contributed by atoms with Gasteiger partial charge < -0.3 is 15.5 Å². The molecule has 2 amide bonds. The van der Waals surface area contributed by atoms with E-state index in [1.807, 2.05) is 19.1 Å². The minimum atomic E-state index is -0.0806. The van der Waals surface area contributed by atoms with Crippen molar-refractivity contribution in [3.05, 3.63) is 54.0 Å². The number of carbonyl (C=O) groups excluding carboxylic acids is 2. The second-order valence-corrected chi connectivity index (χ2v) is 6.60. The molecule has 27 heavy (non-hydrogen) atoms. The third-order valence-corrected chi connectivity index (χ3v) is 4.76. The van der Waals surface area contributed by atoms with E-state index in [1.54, 1.807) is 30.7 Å². The smallest absolute Gasteiger partial charge is 0.251 e. The van der Waals surface area contributed by atoms with E-state index in [9.17, 15) is 9.59 Å². The number of nitrogens with one attached hydrogen (secondary N) is 2. The molecule has 1 saturated heterocycles. The van der Waals surface area contributed by atoms with Gasteiger partial charge in [0, 0.05) is 50.1 Å². The maximum Gasteiger partial charge on any atom is 0.251 e. The van der Waals surface area contributed by atoms with Gasteiger partial charge in [0.2, 0.25) is 5.91 Å². The van der Waals surface area contributed by atoms with Gasteiger partial charge in [-0.05, 0) is 37.5 Å². The molecule has 142 valence electrons. The van der Waals surface area contributed by atoms with Gasteiger partial charge in [-0.15, -0.1) is 0 Å². The molecular formula is C20H25N5O2. The van der Waals surface area contributed by atoms with E-state index in [0.717, 1.165) is 37.3 Å². The Balaban J connectivity index is 1.45. The van der Waals surface area contributed by atoms with Crippen molar-refractivity contribution in [2.45, 2.75) is 26.3 Å². The predicted octanol–water partition coefficient (Wildman–Crippen LogP) is 1.76. The highest BCUT2D eigenvalue weighted by molar-refractivity contribution is 5.94. The lowest BCUT2D eigenvalue weighted by atomic mass is 9.96. The molecule has 7 heteroatoms. The second-order valence-electron chi connectivity index (χ2n) is 6.60. The molecule has 3 rings (SSSR count). The van der Waals surface area contributed by atoms with E-state index >= 15 is 0 Å². The largest absolute Gasteiger partial charge is 0.355 e. The molecule has 1 aromatic carbocycles. The van der Waals surface area contributed by atoms with Crippen molar-refractivity contribution in [1.82, 2.24) is 20.6 Å². The molecule has 0 unspecified atom stereocenters. The molecule has 1 aliphatic heterocycles. The summed E-state index contributed by atoms with van der Waals surface area (Å²) in [5, 5.41) is 5.78. The Labute approximate surface area is 159 Å². The Morgan fingerprint density at radius 3 is 2.48 bits per heavy atom. The van der Waals surface area contributed by atoms with Crippen LogP contribution in [0.25, 0.3) is 0 Å². The van der Waals surface area contributed by atoms with Crippen molar-refractivity contribution < 1.29 is 9.59 Å². The zero-order valence-corrected chi connectivity index (χ0v) is 15.5. The van der Waals surface area contributed by atoms with Crippen molar-refractivity contribution in [1.29, 1.82) is 0 Å². The third kappa shape index (κ3) is 5.03. The van der Waals surface area contributed by atoms with Gasteiger partial charge in [-0.1, -0.05) is 12.1 Å². The SMILES string of the molecule is CCNC(=O)c1ccc(CNC(=O)C2CCN(c3cnccn3)CC2)cc1. The Morgan fingerprint density at radius 2 is 1.85 bits per heavy atom. The van der Waals surface area contributed by atoms with E-state index in [0.29, 0.717) is 18.7 Å². The molecule has 0 aliphatic carbocycles. The number of hydrogen-bond donors (Lipinski definition) is 2. The first-order valence-electron chi connectivity index (χ1n) is 9.33. The van der Waals surface area contributed by atoms with Crippen LogP contribution in [-0.2, 0) is 11.3 Å². The quantitative estimate of drug-likeness (QED) is 0.812. The van der Waals surface area contributed by atoms with Crippen molar-refractivity contribution in [3.63, 3.8) is 0 Å². The van der Waals surface area contributed by atoms with Crippen LogP contribution in [0.4, 0.5) is 5.82 Å². The molecular weight excluding hydrogens is 342 g/mol. The van der Waals surface area contributed by atoms with Crippen LogP contribution in [0.1, 0.15) is 35.7 Å². The zero-order valence-electron chi connectivity index (χ0n) is 15.5. The average molecular weight is 367 g/mol. The van der Waals surface area contributed by atoms with Crippen LogP contribution in [-0.4, -0.2) is 41.4 Å². The Hall–Kier alpha value is -2.96. The summed E-state index contributed by atoms with van der Waals surface area (Å²) in [4.78, 5) is 34.8. The van der Waals surface area contributed by atoms with Crippen LogP contribution < -0.4 is 15.5 Å². The van der Waals surface area contributed by atoms with E-state index in [-0.39, 0.29) is 17.7 Å². The maximum atomic E-state index is 12.5. The van der Waals surface area contributed by atoms with Gasteiger partial charge in [0.1, 0.15) is 5.82 Å². The lowest BCUT2D eigenvalue weighted by Crippen LogP contribution is -2.40. The van der Waals surface area contributed by atoms with Crippen LogP contribution in [0.15, 0.2) is 42.9 Å². The van der Waals surface area contributed by atoms with Gasteiger partial charge in [-0.2, -0.15) is 0 Å². The summed E-state index contributed by atoms with van der Waals surface area (Å²) in [6.07, 6.45) is 6.71. The minimum Gasteiger partial charge on any atom is -0.355 e. The van der Waals surface area contributed by atoms with Crippen LogP contribution in [0.2, 0.25) is 0 Å². The lowest BCUT2D eigenvalue weighted by molar-refractivity contribution is -0.125. The molecule has 2 N–H and O–H groups in total. The third-order valence-electron chi connectivity index (χ3n) is 4.76. The molecule has 0 radical (unpaired) electrons. The summed E-state index contributed by atoms with van der Waals surface area (Å²) < 4.78 is 0. The minimum absolute atomic E-state index is 0.0209. The summed E-state index contributed by atoms with van der Waals surface area (Å²) >= 11 is 0. The van der Waals surface area contributed by atoms with E-state index in [1.165, 1.54) is 0 Å². The first-order valence-corrected chi connectivity index (χ1v) is 9.33. The highest BCUT2D eigenvalue weighted by atomic mass is 16.2. The number of nitrogens with zero attached hydrogens (tertiary/aromatic N) is 3. The van der Waals surface area contributed by atoms with Crippen LogP contribution in [0.5, 0.6) is 0 Å². The number of amides is 2. The fourth-order valence-electron chi connectivity index (χ4n) is 3.20. The molecule has 7 nitrogen and oxygen atoms in total. The van der Waals surface area contributed by atoms with E-state index in [2.05, 4.69) is 25.5 Å². The van der Waals surface area contributed by atoms with Crippen molar-refractivity contribution in [2.24, 2.45) is 5.92 Å². The number of anilines is 1. The summed E-state index contributed by atoms with van der Waals surface area (Å²) in [6.45, 7) is 4.57. The van der Waals surface area contributed by atoms with Gasteiger partial charge in [-0.25, -0.2) is 4.98 Å². The Kier molecular flexibility index (Phi) is 6.35. The predicted molar refractivity (Wildman–Crippen MR) is 103 cm³/mol. The topological polar surface area (TPSA) is 87.2 Å². The number of aromatic nitrogens is 2. The molecule has 1 aliphatic rings. The van der Waals surface area contributed by atoms with Crippen molar-refractivity contribution in [2.75, 3.05) is 24.5 Å². The van der Waals surface area contributed by atoms with Gasteiger partial charge in [-0.3, -0.25) is 14.6 Å². The molecule has 1 aromatic heterocycles. The summed E-state index contributed by atoms with van der Waals surface area (Å²) in [7, 11) is 0. The molecule has 1 fully saturated rings. The molecule has 2 heterocycles. The van der Waals surface area contributed by atoms with E-state index in [4.69, 9.17) is 0 Å². The normalized spacial score (nSPS) is 14.6. The number of benzene rings is 1. The fourth-order valence-corrected chi connectivity index (χ4v) is 3.20. The van der Waals surface area contributed by atoms with Crippen LogP contribution in [0, 0.1) is 5.92 Å². The summed E-state index contributed by atoms with van der Waals surface area (Å²) in [5.74, 6) is 0.889. The maximum absolute atomic E-state index is 12.5. The molecule has 0 atom stereocenters. The van der Waals surface area contributed by atoms with Crippen LogP contribution in [0.3, 0.4) is 0 Å². The Bertz CT molecular complexity index is 756. The lowest BCUT2D eigenvalue weighted by Gasteiger charge is -2.31. The van der Waals surface area contributed by atoms with Crippen molar-refractivity contribution >= 4 is 17.6 Å². The first kappa shape index (κ1) is 18.8. The van der Waals surface area contributed by atoms with Gasteiger partial charge >= 0.3 is 0 Å².